The number of benzene rings is 1. The fourth-order valence-corrected chi connectivity index (χ4v) is 2.02. The second-order valence-electron chi connectivity index (χ2n) is 5.81. The molecule has 0 saturated heterocycles. The minimum atomic E-state index is 0.0151. The third-order valence-electron chi connectivity index (χ3n) is 3.23. The summed E-state index contributed by atoms with van der Waals surface area (Å²) in [7, 11) is 0. The molecule has 0 fully saturated rings. The summed E-state index contributed by atoms with van der Waals surface area (Å²) in [6.45, 7) is 7.20. The lowest BCUT2D eigenvalue weighted by molar-refractivity contribution is 0.318. The molecule has 0 amide bonds. The number of hydrogen-bond acceptors (Lipinski definition) is 3. The first kappa shape index (κ1) is 14.1. The van der Waals surface area contributed by atoms with Gasteiger partial charge < -0.3 is 15.5 Å². The first-order valence-electron chi connectivity index (χ1n) is 6.50. The van der Waals surface area contributed by atoms with Gasteiger partial charge in [-0.3, -0.25) is 0 Å². The van der Waals surface area contributed by atoms with E-state index in [1.807, 2.05) is 10.8 Å². The molecule has 0 spiro atoms. The zero-order chi connectivity index (χ0) is 14.8. The van der Waals surface area contributed by atoms with Crippen LogP contribution in [0.1, 0.15) is 37.7 Å². The molecule has 0 radical (unpaired) electrons. The van der Waals surface area contributed by atoms with Gasteiger partial charge in [-0.1, -0.05) is 50.2 Å². The minimum absolute atomic E-state index is 0.0151. The van der Waals surface area contributed by atoms with Crippen molar-refractivity contribution in [3.05, 3.63) is 53.6 Å². The average molecular weight is 272 g/mol. The van der Waals surface area contributed by atoms with Crippen LogP contribution in [0.2, 0.25) is 0 Å². The Bertz CT molecular complexity index is 606. The summed E-state index contributed by atoms with van der Waals surface area (Å²) in [5.41, 5.74) is 8.17. The number of amidine groups is 1. The van der Waals surface area contributed by atoms with Crippen molar-refractivity contribution in [1.82, 2.24) is 9.55 Å². The van der Waals surface area contributed by atoms with Crippen molar-refractivity contribution in [3.8, 4) is 0 Å². The summed E-state index contributed by atoms with van der Waals surface area (Å²) >= 11 is 0. The average Bonchev–Trinajstić information content (AvgIpc) is 2.85. The van der Waals surface area contributed by atoms with Gasteiger partial charge in [-0.2, -0.15) is 0 Å². The number of rotatable bonds is 3. The van der Waals surface area contributed by atoms with E-state index in [-0.39, 0.29) is 11.3 Å². The van der Waals surface area contributed by atoms with E-state index in [1.165, 1.54) is 5.56 Å². The second kappa shape index (κ2) is 5.36. The van der Waals surface area contributed by atoms with Crippen molar-refractivity contribution in [2.75, 3.05) is 0 Å². The minimum Gasteiger partial charge on any atom is -0.409 e. The lowest BCUT2D eigenvalue weighted by Crippen LogP contribution is -2.20. The molecular weight excluding hydrogens is 252 g/mol. The van der Waals surface area contributed by atoms with Gasteiger partial charge in [0, 0.05) is 18.9 Å². The Labute approximate surface area is 118 Å². The molecule has 0 aliphatic rings. The molecule has 1 aromatic carbocycles. The van der Waals surface area contributed by atoms with Gasteiger partial charge >= 0.3 is 0 Å². The predicted octanol–water partition coefficient (Wildman–Crippen LogP) is 2.32. The van der Waals surface area contributed by atoms with Gasteiger partial charge in [0.15, 0.2) is 5.82 Å². The van der Waals surface area contributed by atoms with Gasteiger partial charge in [-0.25, -0.2) is 4.98 Å². The smallest absolute Gasteiger partial charge is 0.206 e. The van der Waals surface area contributed by atoms with Crippen LogP contribution in [0.3, 0.4) is 0 Å². The van der Waals surface area contributed by atoms with E-state index < -0.39 is 0 Å². The summed E-state index contributed by atoms with van der Waals surface area (Å²) in [5.74, 6) is 0.480. The third-order valence-corrected chi connectivity index (χ3v) is 3.23. The van der Waals surface area contributed by atoms with Gasteiger partial charge in [0.25, 0.3) is 0 Å². The van der Waals surface area contributed by atoms with Crippen LogP contribution in [-0.2, 0) is 12.0 Å². The molecule has 0 unspecified atom stereocenters. The summed E-state index contributed by atoms with van der Waals surface area (Å²) in [5, 5.41) is 11.7. The monoisotopic (exact) mass is 272 g/mol. The van der Waals surface area contributed by atoms with Gasteiger partial charge in [0.1, 0.15) is 0 Å². The zero-order valence-electron chi connectivity index (χ0n) is 12.0. The van der Waals surface area contributed by atoms with Gasteiger partial charge in [0.05, 0.1) is 0 Å². The van der Waals surface area contributed by atoms with E-state index in [2.05, 4.69) is 55.2 Å². The van der Waals surface area contributed by atoms with E-state index in [4.69, 9.17) is 10.9 Å². The first-order valence-corrected chi connectivity index (χ1v) is 6.50. The Morgan fingerprint density at radius 2 is 1.95 bits per heavy atom. The molecule has 5 nitrogen and oxygen atoms in total. The van der Waals surface area contributed by atoms with Crippen molar-refractivity contribution in [2.24, 2.45) is 10.9 Å². The van der Waals surface area contributed by atoms with Crippen molar-refractivity contribution in [2.45, 2.75) is 32.7 Å². The van der Waals surface area contributed by atoms with Crippen LogP contribution < -0.4 is 5.73 Å². The molecule has 0 aliphatic heterocycles. The van der Waals surface area contributed by atoms with E-state index in [0.717, 1.165) is 5.56 Å². The molecule has 2 aromatic rings. The van der Waals surface area contributed by atoms with Gasteiger partial charge in [-0.05, 0) is 16.5 Å². The second-order valence-corrected chi connectivity index (χ2v) is 5.81. The lowest BCUT2D eigenvalue weighted by atomic mass is 9.87. The van der Waals surface area contributed by atoms with Crippen LogP contribution in [0.15, 0.2) is 41.8 Å². The maximum atomic E-state index is 8.73. The molecule has 20 heavy (non-hydrogen) atoms. The van der Waals surface area contributed by atoms with Crippen molar-refractivity contribution >= 4 is 5.84 Å². The van der Waals surface area contributed by atoms with Crippen LogP contribution in [0.4, 0.5) is 0 Å². The number of imidazole rings is 1. The highest BCUT2D eigenvalue weighted by molar-refractivity contribution is 5.93. The van der Waals surface area contributed by atoms with Crippen molar-refractivity contribution < 1.29 is 5.21 Å². The number of aromatic nitrogens is 2. The van der Waals surface area contributed by atoms with E-state index in [9.17, 15) is 0 Å². The van der Waals surface area contributed by atoms with Crippen molar-refractivity contribution in [1.29, 1.82) is 0 Å². The molecule has 0 atom stereocenters. The quantitative estimate of drug-likeness (QED) is 0.389. The lowest BCUT2D eigenvalue weighted by Gasteiger charge is -2.19. The predicted molar refractivity (Wildman–Crippen MR) is 79.0 cm³/mol. The van der Waals surface area contributed by atoms with E-state index in [0.29, 0.717) is 12.4 Å². The number of nitrogens with two attached hydrogens (primary N) is 1. The fraction of sp³-hybridized carbons (Fsp3) is 0.333. The highest BCUT2D eigenvalue weighted by atomic mass is 16.4. The number of hydrogen-bond donors (Lipinski definition) is 2. The maximum absolute atomic E-state index is 8.73. The molecule has 0 saturated carbocycles. The number of nitrogens with zero attached hydrogens (tertiary/aromatic N) is 3. The van der Waals surface area contributed by atoms with Gasteiger partial charge in [-0.15, -0.1) is 0 Å². The van der Waals surface area contributed by atoms with Crippen LogP contribution in [0, 0.1) is 0 Å². The van der Waals surface area contributed by atoms with E-state index >= 15 is 0 Å². The van der Waals surface area contributed by atoms with Crippen LogP contribution in [-0.4, -0.2) is 20.6 Å². The standard InChI is InChI=1S/C15H20N4O/c1-15(2,3)12-6-4-11(5-7-12)10-19-9-8-17-14(19)13(16)18-20/h4-9,20H,10H2,1-3H3,(H2,16,18). The van der Waals surface area contributed by atoms with Crippen molar-refractivity contribution in [3.63, 3.8) is 0 Å². The Morgan fingerprint density at radius 1 is 1.30 bits per heavy atom. The normalized spacial score (nSPS) is 12.7. The zero-order valence-corrected chi connectivity index (χ0v) is 12.0. The largest absolute Gasteiger partial charge is 0.409 e. The molecule has 0 bridgehead atoms. The summed E-state index contributed by atoms with van der Waals surface area (Å²) in [6, 6.07) is 8.46. The van der Waals surface area contributed by atoms with Crippen LogP contribution in [0.5, 0.6) is 0 Å². The highest BCUT2D eigenvalue weighted by Gasteiger charge is 2.13. The Kier molecular flexibility index (Phi) is 3.79. The Balaban J connectivity index is 2.21. The molecule has 5 heteroatoms. The first-order chi connectivity index (χ1) is 9.41. The Hall–Kier alpha value is -2.30. The molecule has 0 aliphatic carbocycles. The molecule has 106 valence electrons. The molecular formula is C15H20N4O. The highest BCUT2D eigenvalue weighted by Crippen LogP contribution is 2.22. The SMILES string of the molecule is CC(C)(C)c1ccc(Cn2ccnc2/C(N)=N/O)cc1. The van der Waals surface area contributed by atoms with Crippen LogP contribution >= 0.6 is 0 Å². The molecule has 2 rings (SSSR count). The molecule has 1 aromatic heterocycles. The molecule has 1 heterocycles. The topological polar surface area (TPSA) is 76.4 Å². The summed E-state index contributed by atoms with van der Waals surface area (Å²) in [6.07, 6.45) is 3.45. The van der Waals surface area contributed by atoms with Gasteiger partial charge in [0.2, 0.25) is 5.84 Å². The summed E-state index contributed by atoms with van der Waals surface area (Å²) in [4.78, 5) is 4.09. The third kappa shape index (κ3) is 2.99. The molecule has 3 N–H and O–H groups in total. The van der Waals surface area contributed by atoms with Crippen LogP contribution in [0.25, 0.3) is 0 Å². The Morgan fingerprint density at radius 3 is 2.50 bits per heavy atom. The number of oxime groups is 1. The van der Waals surface area contributed by atoms with E-state index in [1.54, 1.807) is 6.20 Å². The fourth-order valence-electron chi connectivity index (χ4n) is 2.02. The maximum Gasteiger partial charge on any atom is 0.206 e. The summed E-state index contributed by atoms with van der Waals surface area (Å²) < 4.78 is 1.85.